The first-order chi connectivity index (χ1) is 7.31. The molecule has 0 saturated heterocycles. The number of rotatable bonds is 11. The smallest absolute Gasteiger partial charge is 0.154 e. The van der Waals surface area contributed by atoms with Crippen molar-refractivity contribution in [2.75, 3.05) is 13.2 Å². The Bertz CT molecular complexity index is 117. The molecule has 15 heavy (non-hydrogen) atoms. The summed E-state index contributed by atoms with van der Waals surface area (Å²) in [4.78, 5) is 0. The van der Waals surface area contributed by atoms with Gasteiger partial charge in [0, 0.05) is 6.61 Å². The Labute approximate surface area is 93.5 Å². The van der Waals surface area contributed by atoms with Gasteiger partial charge in [-0.2, -0.15) is 0 Å². The second-order valence-corrected chi connectivity index (χ2v) is 3.96. The van der Waals surface area contributed by atoms with E-state index in [0.717, 1.165) is 12.8 Å². The maximum absolute atomic E-state index is 9.37. The Hall–Kier alpha value is -0.120. The van der Waals surface area contributed by atoms with Gasteiger partial charge < -0.3 is 14.9 Å². The van der Waals surface area contributed by atoms with Gasteiger partial charge in [0.15, 0.2) is 6.29 Å². The van der Waals surface area contributed by atoms with Crippen LogP contribution >= 0.6 is 0 Å². The molecule has 0 heterocycles. The molecule has 92 valence electrons. The van der Waals surface area contributed by atoms with E-state index in [4.69, 9.17) is 9.84 Å². The molecule has 0 fully saturated rings. The fraction of sp³-hybridized carbons (Fsp3) is 1.00. The van der Waals surface area contributed by atoms with Crippen LogP contribution in [0.4, 0.5) is 0 Å². The second-order valence-electron chi connectivity index (χ2n) is 3.96. The van der Waals surface area contributed by atoms with E-state index < -0.39 is 6.29 Å². The molecule has 0 aliphatic rings. The lowest BCUT2D eigenvalue weighted by Gasteiger charge is -2.11. The summed E-state index contributed by atoms with van der Waals surface area (Å²) < 4.78 is 5.11. The highest BCUT2D eigenvalue weighted by Crippen LogP contribution is 2.09. The van der Waals surface area contributed by atoms with Crippen molar-refractivity contribution in [3.05, 3.63) is 0 Å². The first kappa shape index (κ1) is 14.9. The lowest BCUT2D eigenvalue weighted by Crippen LogP contribution is -2.13. The summed E-state index contributed by atoms with van der Waals surface area (Å²) in [6.07, 6.45) is 8.05. The van der Waals surface area contributed by atoms with E-state index in [0.29, 0.717) is 13.0 Å². The van der Waals surface area contributed by atoms with Gasteiger partial charge in [0.05, 0.1) is 6.61 Å². The van der Waals surface area contributed by atoms with E-state index in [2.05, 4.69) is 6.92 Å². The first-order valence-corrected chi connectivity index (χ1v) is 6.21. The van der Waals surface area contributed by atoms with Crippen molar-refractivity contribution in [1.82, 2.24) is 0 Å². The van der Waals surface area contributed by atoms with Gasteiger partial charge in [-0.25, -0.2) is 0 Å². The van der Waals surface area contributed by atoms with Crippen molar-refractivity contribution in [3.63, 3.8) is 0 Å². The van der Waals surface area contributed by atoms with Gasteiger partial charge in [-0.15, -0.1) is 0 Å². The average molecular weight is 218 g/mol. The topological polar surface area (TPSA) is 49.7 Å². The normalized spacial score (nSPS) is 13.0. The molecule has 0 aliphatic heterocycles. The van der Waals surface area contributed by atoms with Gasteiger partial charge in [0.1, 0.15) is 0 Å². The molecule has 0 radical (unpaired) electrons. The summed E-state index contributed by atoms with van der Waals surface area (Å²) in [5.41, 5.74) is 0. The van der Waals surface area contributed by atoms with Gasteiger partial charge in [-0.3, -0.25) is 0 Å². The van der Waals surface area contributed by atoms with Crippen LogP contribution in [0, 0.1) is 0 Å². The summed E-state index contributed by atoms with van der Waals surface area (Å²) in [5, 5.41) is 17.9. The summed E-state index contributed by atoms with van der Waals surface area (Å²) in [7, 11) is 0. The minimum atomic E-state index is -0.636. The Kier molecular flexibility index (Phi) is 11.9. The Morgan fingerprint density at radius 1 is 1.00 bits per heavy atom. The highest BCUT2D eigenvalue weighted by Gasteiger charge is 2.02. The largest absolute Gasteiger partial charge is 0.396 e. The zero-order chi connectivity index (χ0) is 11.4. The van der Waals surface area contributed by atoms with Crippen molar-refractivity contribution >= 4 is 0 Å². The van der Waals surface area contributed by atoms with Crippen LogP contribution in [0.15, 0.2) is 0 Å². The maximum Gasteiger partial charge on any atom is 0.154 e. The molecule has 0 aromatic heterocycles. The SMILES string of the molecule is CCCCCCCCC(O)OCCCO. The molecule has 0 aromatic rings. The summed E-state index contributed by atoms with van der Waals surface area (Å²) >= 11 is 0. The molecule has 0 aromatic carbocycles. The number of hydrogen-bond acceptors (Lipinski definition) is 3. The van der Waals surface area contributed by atoms with Crippen LogP contribution in [-0.2, 0) is 4.74 Å². The predicted molar refractivity (Wildman–Crippen MR) is 61.7 cm³/mol. The van der Waals surface area contributed by atoms with Crippen LogP contribution in [-0.4, -0.2) is 29.7 Å². The summed E-state index contributed by atoms with van der Waals surface area (Å²) in [6.45, 7) is 2.79. The van der Waals surface area contributed by atoms with Gasteiger partial charge in [0.25, 0.3) is 0 Å². The third-order valence-corrected chi connectivity index (χ3v) is 2.42. The summed E-state index contributed by atoms with van der Waals surface area (Å²) in [6, 6.07) is 0. The Morgan fingerprint density at radius 2 is 1.67 bits per heavy atom. The predicted octanol–water partition coefficient (Wildman–Crippen LogP) is 2.45. The minimum Gasteiger partial charge on any atom is -0.396 e. The van der Waals surface area contributed by atoms with Crippen LogP contribution in [0.25, 0.3) is 0 Å². The number of ether oxygens (including phenoxy) is 1. The van der Waals surface area contributed by atoms with Gasteiger partial charge in [-0.05, 0) is 19.3 Å². The van der Waals surface area contributed by atoms with E-state index >= 15 is 0 Å². The van der Waals surface area contributed by atoms with Gasteiger partial charge in [-0.1, -0.05) is 39.0 Å². The first-order valence-electron chi connectivity index (χ1n) is 6.21. The van der Waals surface area contributed by atoms with Crippen LogP contribution in [0.2, 0.25) is 0 Å². The lowest BCUT2D eigenvalue weighted by molar-refractivity contribution is -0.106. The highest BCUT2D eigenvalue weighted by molar-refractivity contribution is 4.47. The van der Waals surface area contributed by atoms with Crippen LogP contribution < -0.4 is 0 Å². The number of unbranched alkanes of at least 4 members (excludes halogenated alkanes) is 5. The van der Waals surface area contributed by atoms with Crippen molar-refractivity contribution < 1.29 is 14.9 Å². The standard InChI is InChI=1S/C12H26O3/c1-2-3-4-5-6-7-9-12(14)15-11-8-10-13/h12-14H,2-11H2,1H3. The third-order valence-electron chi connectivity index (χ3n) is 2.42. The zero-order valence-corrected chi connectivity index (χ0v) is 9.95. The third kappa shape index (κ3) is 11.8. The molecule has 0 aliphatic carbocycles. The highest BCUT2D eigenvalue weighted by atomic mass is 16.6. The van der Waals surface area contributed by atoms with Crippen molar-refractivity contribution in [2.45, 2.75) is 64.6 Å². The fourth-order valence-electron chi connectivity index (χ4n) is 1.47. The maximum atomic E-state index is 9.37. The molecular formula is C12H26O3. The minimum absolute atomic E-state index is 0.129. The second kappa shape index (κ2) is 12.0. The van der Waals surface area contributed by atoms with Crippen LogP contribution in [0.3, 0.4) is 0 Å². The fourth-order valence-corrected chi connectivity index (χ4v) is 1.47. The summed E-state index contributed by atoms with van der Waals surface area (Å²) in [5.74, 6) is 0. The van der Waals surface area contributed by atoms with Gasteiger partial charge in [0.2, 0.25) is 0 Å². The van der Waals surface area contributed by atoms with Gasteiger partial charge >= 0.3 is 0 Å². The number of aliphatic hydroxyl groups excluding tert-OH is 2. The number of hydrogen-bond donors (Lipinski definition) is 2. The number of aliphatic hydroxyl groups is 2. The van der Waals surface area contributed by atoms with E-state index in [-0.39, 0.29) is 6.61 Å². The van der Waals surface area contributed by atoms with Crippen LogP contribution in [0.1, 0.15) is 58.3 Å². The molecule has 1 unspecified atom stereocenters. The van der Waals surface area contributed by atoms with Crippen LogP contribution in [0.5, 0.6) is 0 Å². The van der Waals surface area contributed by atoms with E-state index in [1.54, 1.807) is 0 Å². The van der Waals surface area contributed by atoms with E-state index in [1.165, 1.54) is 32.1 Å². The molecule has 3 nitrogen and oxygen atoms in total. The van der Waals surface area contributed by atoms with Crippen molar-refractivity contribution in [3.8, 4) is 0 Å². The zero-order valence-electron chi connectivity index (χ0n) is 9.95. The molecular weight excluding hydrogens is 192 g/mol. The molecule has 1 atom stereocenters. The Balaban J connectivity index is 3.06. The monoisotopic (exact) mass is 218 g/mol. The van der Waals surface area contributed by atoms with Crippen molar-refractivity contribution in [2.24, 2.45) is 0 Å². The molecule has 0 saturated carbocycles. The average Bonchev–Trinajstić information content (AvgIpc) is 2.23. The lowest BCUT2D eigenvalue weighted by atomic mass is 10.1. The molecule has 2 N–H and O–H groups in total. The quantitative estimate of drug-likeness (QED) is 0.414. The molecule has 0 spiro atoms. The molecule has 0 amide bonds. The Morgan fingerprint density at radius 3 is 2.33 bits per heavy atom. The molecule has 0 bridgehead atoms. The molecule has 3 heteroatoms. The molecule has 0 rings (SSSR count). The van der Waals surface area contributed by atoms with Crippen molar-refractivity contribution in [1.29, 1.82) is 0 Å². The van der Waals surface area contributed by atoms with E-state index in [9.17, 15) is 5.11 Å². The van der Waals surface area contributed by atoms with E-state index in [1.807, 2.05) is 0 Å².